The molecule has 82 valence electrons. The lowest BCUT2D eigenvalue weighted by Crippen LogP contribution is -2.10. The molecule has 0 atom stereocenters. The van der Waals surface area contributed by atoms with Crippen LogP contribution in [0.3, 0.4) is 0 Å². The van der Waals surface area contributed by atoms with E-state index in [1.807, 2.05) is 24.3 Å². The maximum Gasteiger partial charge on any atom is 0.119 e. The van der Waals surface area contributed by atoms with Gasteiger partial charge in [-0.25, -0.2) is 0 Å². The highest BCUT2D eigenvalue weighted by Gasteiger charge is 1.97. The summed E-state index contributed by atoms with van der Waals surface area (Å²) < 4.78 is 17.1. The topological polar surface area (TPSA) is 35.2 Å². The third-order valence-electron chi connectivity index (χ3n) is 1.85. The number of ether oxygens (including phenoxy) is 1. The molecule has 0 aliphatic carbocycles. The van der Waals surface area contributed by atoms with Gasteiger partial charge in [-0.1, -0.05) is 24.4 Å². The van der Waals surface area contributed by atoms with Crippen LogP contribution in [0, 0.1) is 0 Å². The van der Waals surface area contributed by atoms with E-state index in [9.17, 15) is 4.39 Å². The zero-order chi connectivity index (χ0) is 11.1. The van der Waals surface area contributed by atoms with Crippen LogP contribution in [0.15, 0.2) is 24.3 Å². The molecule has 0 heterocycles. The molecule has 2 N–H and O–H groups in total. The number of halogens is 1. The van der Waals surface area contributed by atoms with Crippen LogP contribution in [0.1, 0.15) is 12.0 Å². The Morgan fingerprint density at radius 2 is 2.00 bits per heavy atom. The Balaban J connectivity index is 2.45. The molecule has 0 aliphatic rings. The molecule has 0 bridgehead atoms. The summed E-state index contributed by atoms with van der Waals surface area (Å²) in [5, 5.41) is 0. The third-order valence-corrected chi connectivity index (χ3v) is 1.99. The second-order valence-electron chi connectivity index (χ2n) is 3.18. The summed E-state index contributed by atoms with van der Waals surface area (Å²) in [5.41, 5.74) is 6.48. The van der Waals surface area contributed by atoms with Crippen molar-refractivity contribution in [2.75, 3.05) is 13.3 Å². The van der Waals surface area contributed by atoms with Crippen LogP contribution in [0.5, 0.6) is 5.75 Å². The maximum atomic E-state index is 11.8. The minimum absolute atomic E-state index is 0.348. The van der Waals surface area contributed by atoms with Gasteiger partial charge in [-0.2, -0.15) is 0 Å². The number of alkyl halides is 1. The molecular formula is C11H14FNOS. The van der Waals surface area contributed by atoms with E-state index in [4.69, 9.17) is 22.7 Å². The summed E-state index contributed by atoms with van der Waals surface area (Å²) in [4.78, 5) is 0.473. The summed E-state index contributed by atoms with van der Waals surface area (Å²) in [5.74, 6) is 0.745. The number of benzene rings is 1. The standard InChI is InChI=1S/C11H14FNOS/c12-6-1-7-14-10-4-2-9(3-5-10)8-11(13)15/h2-5H,1,6-8H2,(H2,13,15). The minimum atomic E-state index is -0.348. The first-order valence-electron chi connectivity index (χ1n) is 4.78. The number of hydrogen-bond donors (Lipinski definition) is 1. The average Bonchev–Trinajstić information content (AvgIpc) is 2.20. The number of hydrogen-bond acceptors (Lipinski definition) is 2. The first-order valence-corrected chi connectivity index (χ1v) is 5.19. The molecular weight excluding hydrogens is 213 g/mol. The van der Waals surface area contributed by atoms with E-state index in [0.717, 1.165) is 11.3 Å². The van der Waals surface area contributed by atoms with Crippen molar-refractivity contribution in [3.63, 3.8) is 0 Å². The van der Waals surface area contributed by atoms with Crippen molar-refractivity contribution in [2.24, 2.45) is 5.73 Å². The van der Waals surface area contributed by atoms with Gasteiger partial charge in [-0.15, -0.1) is 0 Å². The van der Waals surface area contributed by atoms with Crippen molar-refractivity contribution in [1.29, 1.82) is 0 Å². The summed E-state index contributed by atoms with van der Waals surface area (Å²) in [6.07, 6.45) is 1.02. The molecule has 0 radical (unpaired) electrons. The van der Waals surface area contributed by atoms with E-state index < -0.39 is 0 Å². The lowest BCUT2D eigenvalue weighted by molar-refractivity contribution is 0.289. The van der Waals surface area contributed by atoms with Gasteiger partial charge in [0.15, 0.2) is 0 Å². The molecule has 15 heavy (non-hydrogen) atoms. The van der Waals surface area contributed by atoms with Crippen LogP contribution in [-0.2, 0) is 6.42 Å². The Bertz CT molecular complexity index is 313. The summed E-state index contributed by atoms with van der Waals surface area (Å²) in [7, 11) is 0. The summed E-state index contributed by atoms with van der Waals surface area (Å²) >= 11 is 4.80. The second-order valence-corrected chi connectivity index (χ2v) is 3.70. The largest absolute Gasteiger partial charge is 0.494 e. The fourth-order valence-corrected chi connectivity index (χ4v) is 1.32. The number of thiocarbonyl (C=S) groups is 1. The van der Waals surface area contributed by atoms with Gasteiger partial charge in [0.1, 0.15) is 5.75 Å². The molecule has 0 aliphatic heterocycles. The van der Waals surface area contributed by atoms with Crippen LogP contribution >= 0.6 is 12.2 Å². The first-order chi connectivity index (χ1) is 7.22. The van der Waals surface area contributed by atoms with E-state index in [2.05, 4.69) is 0 Å². The van der Waals surface area contributed by atoms with E-state index in [0.29, 0.717) is 24.4 Å². The smallest absolute Gasteiger partial charge is 0.119 e. The van der Waals surface area contributed by atoms with Crippen molar-refractivity contribution < 1.29 is 9.13 Å². The van der Waals surface area contributed by atoms with E-state index in [1.165, 1.54) is 0 Å². The molecule has 0 aromatic heterocycles. The van der Waals surface area contributed by atoms with Crippen LogP contribution in [0.4, 0.5) is 4.39 Å². The van der Waals surface area contributed by atoms with E-state index in [1.54, 1.807) is 0 Å². The zero-order valence-corrected chi connectivity index (χ0v) is 9.23. The van der Waals surface area contributed by atoms with Gasteiger partial charge in [0.25, 0.3) is 0 Å². The predicted octanol–water partition coefficient (Wildman–Crippen LogP) is 2.25. The molecule has 0 spiro atoms. The van der Waals surface area contributed by atoms with Crippen LogP contribution in [-0.4, -0.2) is 18.3 Å². The van der Waals surface area contributed by atoms with Crippen LogP contribution in [0.25, 0.3) is 0 Å². The molecule has 0 saturated heterocycles. The molecule has 0 fully saturated rings. The Hall–Kier alpha value is -1.16. The van der Waals surface area contributed by atoms with Crippen molar-refractivity contribution in [2.45, 2.75) is 12.8 Å². The fraction of sp³-hybridized carbons (Fsp3) is 0.364. The van der Waals surface area contributed by atoms with Crippen molar-refractivity contribution in [3.05, 3.63) is 29.8 Å². The van der Waals surface area contributed by atoms with Crippen molar-refractivity contribution in [1.82, 2.24) is 0 Å². The normalized spacial score (nSPS) is 9.93. The third kappa shape index (κ3) is 4.74. The molecule has 0 amide bonds. The van der Waals surface area contributed by atoms with E-state index in [-0.39, 0.29) is 6.67 Å². The monoisotopic (exact) mass is 227 g/mol. The zero-order valence-electron chi connectivity index (χ0n) is 8.41. The van der Waals surface area contributed by atoms with Crippen molar-refractivity contribution in [3.8, 4) is 5.75 Å². The molecule has 0 saturated carbocycles. The lowest BCUT2D eigenvalue weighted by atomic mass is 10.1. The second kappa shape index (κ2) is 6.35. The Kier molecular flexibility index (Phi) is 5.04. The summed E-state index contributed by atoms with van der Waals surface area (Å²) in [6.45, 7) is 0.0602. The molecule has 1 aromatic carbocycles. The highest BCUT2D eigenvalue weighted by atomic mass is 32.1. The molecule has 4 heteroatoms. The van der Waals surface area contributed by atoms with Gasteiger partial charge in [-0.3, -0.25) is 4.39 Å². The summed E-state index contributed by atoms with van der Waals surface area (Å²) in [6, 6.07) is 7.49. The van der Waals surface area contributed by atoms with Crippen LogP contribution < -0.4 is 10.5 Å². The molecule has 2 nitrogen and oxygen atoms in total. The van der Waals surface area contributed by atoms with Gasteiger partial charge in [-0.05, 0) is 17.7 Å². The highest BCUT2D eigenvalue weighted by Crippen LogP contribution is 2.12. The fourth-order valence-electron chi connectivity index (χ4n) is 1.15. The Morgan fingerprint density at radius 3 is 2.53 bits per heavy atom. The van der Waals surface area contributed by atoms with Gasteiger partial charge >= 0.3 is 0 Å². The Morgan fingerprint density at radius 1 is 1.33 bits per heavy atom. The number of nitrogens with two attached hydrogens (primary N) is 1. The number of rotatable bonds is 6. The van der Waals surface area contributed by atoms with Gasteiger partial charge < -0.3 is 10.5 Å². The van der Waals surface area contributed by atoms with Gasteiger partial charge in [0.05, 0.1) is 18.3 Å². The maximum absolute atomic E-state index is 11.8. The average molecular weight is 227 g/mol. The van der Waals surface area contributed by atoms with Gasteiger partial charge in [0, 0.05) is 12.8 Å². The Labute approximate surface area is 94.2 Å². The van der Waals surface area contributed by atoms with Crippen LogP contribution in [0.2, 0.25) is 0 Å². The molecule has 0 unspecified atom stereocenters. The molecule has 1 rings (SSSR count). The first kappa shape index (κ1) is 11.9. The van der Waals surface area contributed by atoms with Gasteiger partial charge in [0.2, 0.25) is 0 Å². The molecule has 1 aromatic rings. The SMILES string of the molecule is NC(=S)Cc1ccc(OCCCF)cc1. The lowest BCUT2D eigenvalue weighted by Gasteiger charge is -2.05. The quantitative estimate of drug-likeness (QED) is 0.598. The predicted molar refractivity (Wildman–Crippen MR) is 63.0 cm³/mol. The highest BCUT2D eigenvalue weighted by molar-refractivity contribution is 7.80. The van der Waals surface area contributed by atoms with E-state index >= 15 is 0 Å². The minimum Gasteiger partial charge on any atom is -0.494 e. The van der Waals surface area contributed by atoms with Crippen molar-refractivity contribution >= 4 is 17.2 Å².